The highest BCUT2D eigenvalue weighted by molar-refractivity contribution is 5.93. The molecule has 0 radical (unpaired) electrons. The number of esters is 4. The number of phenols is 12. The first-order chi connectivity index (χ1) is 26.3. The second kappa shape index (κ2) is 15.3. The van der Waals surface area contributed by atoms with Gasteiger partial charge in [0.15, 0.2) is 93.6 Å². The number of hydrogen-bond donors (Lipinski definition) is 13. The molecule has 0 bridgehead atoms. The SMILES string of the molecule is O=C(OCC1O[C@@H](O)[C@@H](OC(=O)c2cc(O)c(O)c(O)c2)C(OC(=O)c2cc(O)c(O)c(O)c2)[C@H]1OC(=O)c1cc(O)c(O)c(O)c1)c1cc(O)c(O)c(O)c1. The summed E-state index contributed by atoms with van der Waals surface area (Å²) in [6, 6.07) is 4.99. The Kier molecular flexibility index (Phi) is 10.8. The van der Waals surface area contributed by atoms with Crippen LogP contribution in [0.4, 0.5) is 0 Å². The third-order valence-electron chi connectivity index (χ3n) is 7.94. The van der Waals surface area contributed by atoms with Gasteiger partial charge in [0.1, 0.15) is 12.7 Å². The Balaban J connectivity index is 1.57. The number of benzene rings is 4. The molecular formula is C34H28O22. The van der Waals surface area contributed by atoms with Gasteiger partial charge in [-0.15, -0.1) is 0 Å². The summed E-state index contributed by atoms with van der Waals surface area (Å²) < 4.78 is 26.8. The van der Waals surface area contributed by atoms with Gasteiger partial charge in [-0.1, -0.05) is 0 Å². The Morgan fingerprint density at radius 1 is 0.429 bits per heavy atom. The van der Waals surface area contributed by atoms with E-state index in [0.29, 0.717) is 48.5 Å². The molecule has 56 heavy (non-hydrogen) atoms. The van der Waals surface area contributed by atoms with Gasteiger partial charge in [0.25, 0.3) is 0 Å². The molecule has 1 aliphatic heterocycles. The summed E-state index contributed by atoms with van der Waals surface area (Å²) in [7, 11) is 0. The lowest BCUT2D eigenvalue weighted by atomic mass is 9.97. The Morgan fingerprint density at radius 2 is 0.696 bits per heavy atom. The van der Waals surface area contributed by atoms with E-state index in [4.69, 9.17) is 23.7 Å². The quantitative estimate of drug-likeness (QED) is 0.0630. The molecule has 0 aliphatic carbocycles. The molecule has 22 nitrogen and oxygen atoms in total. The minimum Gasteiger partial charge on any atom is -0.504 e. The molecule has 4 aromatic carbocycles. The first kappa shape index (κ1) is 39.5. The molecule has 1 fully saturated rings. The van der Waals surface area contributed by atoms with Crippen molar-refractivity contribution in [2.45, 2.75) is 30.7 Å². The van der Waals surface area contributed by atoms with E-state index in [1.165, 1.54) is 0 Å². The third kappa shape index (κ3) is 7.95. The van der Waals surface area contributed by atoms with Crippen molar-refractivity contribution >= 4 is 23.9 Å². The van der Waals surface area contributed by atoms with Crippen molar-refractivity contribution in [1.82, 2.24) is 0 Å². The summed E-state index contributed by atoms with van der Waals surface area (Å²) in [5.41, 5.74) is -2.68. The summed E-state index contributed by atoms with van der Waals surface area (Å²) in [5, 5.41) is 129. The Bertz CT molecular complexity index is 2140. The lowest BCUT2D eigenvalue weighted by Gasteiger charge is -2.42. The molecule has 1 heterocycles. The highest BCUT2D eigenvalue weighted by Crippen LogP contribution is 2.40. The number of carbonyl (C=O) groups is 4. The van der Waals surface area contributed by atoms with E-state index in [-0.39, 0.29) is 0 Å². The fourth-order valence-corrected chi connectivity index (χ4v) is 5.14. The number of hydrogen-bond acceptors (Lipinski definition) is 22. The summed E-state index contributed by atoms with van der Waals surface area (Å²) in [6.07, 6.45) is -11.2. The fourth-order valence-electron chi connectivity index (χ4n) is 5.14. The van der Waals surface area contributed by atoms with E-state index in [2.05, 4.69) is 0 Å². The summed E-state index contributed by atoms with van der Waals surface area (Å²) in [5.74, 6) is -18.2. The third-order valence-corrected chi connectivity index (χ3v) is 7.94. The van der Waals surface area contributed by atoms with Crippen LogP contribution in [-0.4, -0.2) is 128 Å². The molecule has 4 aromatic rings. The van der Waals surface area contributed by atoms with Gasteiger partial charge >= 0.3 is 23.9 Å². The minimum absolute atomic E-state index is 0.570. The minimum atomic E-state index is -2.43. The molecule has 296 valence electrons. The van der Waals surface area contributed by atoms with Crippen LogP contribution in [0.3, 0.4) is 0 Å². The lowest BCUT2D eigenvalue weighted by molar-refractivity contribution is -0.284. The normalized spacial score (nSPS) is 19.1. The summed E-state index contributed by atoms with van der Waals surface area (Å²) >= 11 is 0. The first-order valence-electron chi connectivity index (χ1n) is 15.4. The number of phenolic OH excluding ortho intramolecular Hbond substituents is 12. The Hall–Kier alpha value is -7.72. The van der Waals surface area contributed by atoms with Crippen molar-refractivity contribution < 1.29 is 109 Å². The van der Waals surface area contributed by atoms with Gasteiger partial charge < -0.3 is 90.1 Å². The molecule has 0 amide bonds. The standard InChI is InChI=1S/C34H28O22/c35-14-1-10(2-15(36)23(14)43)30(47)52-9-22-27(54-31(48)11-3-16(37)24(44)17(38)4-11)28(55-32(49)12-5-18(39)25(45)19(40)6-12)29(34(51)53-22)56-33(50)13-7-20(41)26(46)21(42)8-13/h1-8,22,27-29,34-46,51H,9H2/t22?,27-,28?,29-,34+/m0/s1. The van der Waals surface area contributed by atoms with Crippen LogP contribution in [0.15, 0.2) is 48.5 Å². The molecule has 5 rings (SSSR count). The van der Waals surface area contributed by atoms with Gasteiger partial charge in [-0.2, -0.15) is 0 Å². The monoisotopic (exact) mass is 788 g/mol. The molecule has 0 spiro atoms. The molecule has 5 atom stereocenters. The topological polar surface area (TPSA) is 377 Å². The molecule has 22 heteroatoms. The average molecular weight is 789 g/mol. The summed E-state index contributed by atoms with van der Waals surface area (Å²) in [6.45, 7) is -1.09. The van der Waals surface area contributed by atoms with Crippen LogP contribution < -0.4 is 0 Å². The van der Waals surface area contributed by atoms with E-state index in [1.54, 1.807) is 0 Å². The molecule has 2 unspecified atom stereocenters. The number of carbonyl (C=O) groups excluding carboxylic acids is 4. The molecule has 1 aliphatic rings. The summed E-state index contributed by atoms with van der Waals surface area (Å²) in [4.78, 5) is 53.1. The highest BCUT2D eigenvalue weighted by atomic mass is 16.7. The van der Waals surface area contributed by atoms with Crippen molar-refractivity contribution in [2.75, 3.05) is 6.61 Å². The largest absolute Gasteiger partial charge is 0.504 e. The van der Waals surface area contributed by atoms with Gasteiger partial charge in [-0.05, 0) is 48.5 Å². The molecule has 0 saturated carbocycles. The van der Waals surface area contributed by atoms with Crippen molar-refractivity contribution in [2.24, 2.45) is 0 Å². The fraction of sp³-hybridized carbons (Fsp3) is 0.176. The maximum atomic E-state index is 13.5. The van der Waals surface area contributed by atoms with Gasteiger partial charge in [0, 0.05) is 0 Å². The lowest BCUT2D eigenvalue weighted by Crippen LogP contribution is -2.62. The number of aromatic hydroxyl groups is 12. The van der Waals surface area contributed by atoms with Crippen LogP contribution in [0.1, 0.15) is 41.4 Å². The zero-order valence-electron chi connectivity index (χ0n) is 27.7. The second-order valence-electron chi connectivity index (χ2n) is 11.7. The van der Waals surface area contributed by atoms with Crippen LogP contribution in [0, 0.1) is 0 Å². The van der Waals surface area contributed by atoms with Crippen LogP contribution in [0.5, 0.6) is 69.0 Å². The van der Waals surface area contributed by atoms with Crippen molar-refractivity contribution in [3.63, 3.8) is 0 Å². The van der Waals surface area contributed by atoms with Gasteiger partial charge in [-0.3, -0.25) is 0 Å². The number of rotatable bonds is 9. The van der Waals surface area contributed by atoms with Crippen LogP contribution in [0.2, 0.25) is 0 Å². The zero-order chi connectivity index (χ0) is 41.3. The molecule has 1 saturated heterocycles. The van der Waals surface area contributed by atoms with Gasteiger partial charge in [-0.25, -0.2) is 19.2 Å². The van der Waals surface area contributed by atoms with Gasteiger partial charge in [0.05, 0.1) is 22.3 Å². The van der Waals surface area contributed by atoms with E-state index < -0.39 is 152 Å². The van der Waals surface area contributed by atoms with Crippen LogP contribution in [-0.2, 0) is 23.7 Å². The maximum absolute atomic E-state index is 13.5. The van der Waals surface area contributed by atoms with E-state index in [1.807, 2.05) is 0 Å². The van der Waals surface area contributed by atoms with Crippen molar-refractivity contribution in [3.05, 3.63) is 70.8 Å². The number of aliphatic hydroxyl groups excluding tert-OH is 1. The smallest absolute Gasteiger partial charge is 0.339 e. The zero-order valence-corrected chi connectivity index (χ0v) is 27.7. The van der Waals surface area contributed by atoms with Crippen LogP contribution in [0.25, 0.3) is 0 Å². The highest BCUT2D eigenvalue weighted by Gasteiger charge is 2.53. The first-order valence-corrected chi connectivity index (χ1v) is 15.4. The Morgan fingerprint density at radius 3 is 1.02 bits per heavy atom. The van der Waals surface area contributed by atoms with E-state index in [0.717, 1.165) is 0 Å². The molecule has 13 N–H and O–H groups in total. The predicted molar refractivity (Wildman–Crippen MR) is 175 cm³/mol. The molecule has 0 aromatic heterocycles. The van der Waals surface area contributed by atoms with Crippen LogP contribution >= 0.6 is 0 Å². The number of aliphatic hydroxyl groups is 1. The molecular weight excluding hydrogens is 760 g/mol. The maximum Gasteiger partial charge on any atom is 0.339 e. The van der Waals surface area contributed by atoms with Gasteiger partial charge in [0.2, 0.25) is 0 Å². The van der Waals surface area contributed by atoms with E-state index >= 15 is 0 Å². The predicted octanol–water partition coefficient (Wildman–Crippen LogP) is 0.705. The average Bonchev–Trinajstić information content (AvgIpc) is 3.14. The Labute approximate surface area is 310 Å². The van der Waals surface area contributed by atoms with E-state index in [9.17, 15) is 85.6 Å². The van der Waals surface area contributed by atoms with Crippen molar-refractivity contribution in [3.8, 4) is 69.0 Å². The number of ether oxygens (including phenoxy) is 5. The second-order valence-corrected chi connectivity index (χ2v) is 11.7. The van der Waals surface area contributed by atoms with Crippen molar-refractivity contribution in [1.29, 1.82) is 0 Å².